The molecule has 0 radical (unpaired) electrons. The third-order valence-electron chi connectivity index (χ3n) is 2.27. The number of rotatable bonds is 6. The van der Waals surface area contributed by atoms with Crippen molar-refractivity contribution in [3.05, 3.63) is 54.9 Å². The summed E-state index contributed by atoms with van der Waals surface area (Å²) in [6, 6.07) is 1.39. The second-order valence-electron chi connectivity index (χ2n) is 3.51. The first-order valence-corrected chi connectivity index (χ1v) is 5.30. The molecule has 1 aromatic heterocycles. The number of carbonyl (C=O) groups is 2. The second-order valence-corrected chi connectivity index (χ2v) is 3.51. The molecule has 0 fully saturated rings. The highest BCUT2D eigenvalue weighted by atomic mass is 16.4. The van der Waals surface area contributed by atoms with Crippen molar-refractivity contribution in [1.82, 2.24) is 9.88 Å². The smallest absolute Gasteiger partial charge is 0.338 e. The molecule has 0 aliphatic heterocycles. The Labute approximate surface area is 105 Å². The van der Waals surface area contributed by atoms with Crippen LogP contribution in [-0.2, 0) is 0 Å². The highest BCUT2D eigenvalue weighted by Gasteiger charge is 2.20. The van der Waals surface area contributed by atoms with Crippen molar-refractivity contribution >= 4 is 11.9 Å². The molecule has 0 atom stereocenters. The van der Waals surface area contributed by atoms with E-state index < -0.39 is 5.97 Å². The number of pyridine rings is 1. The Hall–Kier alpha value is -2.43. The molecule has 0 aliphatic rings. The van der Waals surface area contributed by atoms with Gasteiger partial charge in [0.25, 0.3) is 5.91 Å². The summed E-state index contributed by atoms with van der Waals surface area (Å²) in [6.07, 6.45) is 5.70. The SMILES string of the molecule is C=CCN(CC=C)C(=O)c1ccncc1C(=O)O. The minimum Gasteiger partial charge on any atom is -0.478 e. The lowest BCUT2D eigenvalue weighted by molar-refractivity contribution is 0.0680. The maximum Gasteiger partial charge on any atom is 0.338 e. The van der Waals surface area contributed by atoms with Gasteiger partial charge in [0.1, 0.15) is 0 Å². The molecule has 0 saturated carbocycles. The van der Waals surface area contributed by atoms with E-state index in [1.807, 2.05) is 0 Å². The predicted octanol–water partition coefficient (Wildman–Crippen LogP) is 1.59. The average Bonchev–Trinajstić information content (AvgIpc) is 2.37. The number of carbonyl (C=O) groups excluding carboxylic acids is 1. The number of aromatic carboxylic acids is 1. The van der Waals surface area contributed by atoms with Crippen molar-refractivity contribution in [2.24, 2.45) is 0 Å². The Morgan fingerprint density at radius 1 is 1.28 bits per heavy atom. The molecular weight excluding hydrogens is 232 g/mol. The number of nitrogens with zero attached hydrogens (tertiary/aromatic N) is 2. The monoisotopic (exact) mass is 246 g/mol. The molecule has 0 aliphatic carbocycles. The quantitative estimate of drug-likeness (QED) is 0.774. The van der Waals surface area contributed by atoms with Crippen LogP contribution in [0.4, 0.5) is 0 Å². The van der Waals surface area contributed by atoms with Gasteiger partial charge in [-0.2, -0.15) is 0 Å². The molecule has 1 N–H and O–H groups in total. The van der Waals surface area contributed by atoms with E-state index in [0.29, 0.717) is 13.1 Å². The van der Waals surface area contributed by atoms with E-state index in [2.05, 4.69) is 18.1 Å². The Kier molecular flexibility index (Phi) is 4.80. The van der Waals surface area contributed by atoms with Crippen molar-refractivity contribution in [2.75, 3.05) is 13.1 Å². The summed E-state index contributed by atoms with van der Waals surface area (Å²) in [5, 5.41) is 9.01. The fraction of sp³-hybridized carbons (Fsp3) is 0.154. The molecule has 18 heavy (non-hydrogen) atoms. The maximum absolute atomic E-state index is 12.2. The van der Waals surface area contributed by atoms with Gasteiger partial charge in [-0.25, -0.2) is 4.79 Å². The van der Waals surface area contributed by atoms with E-state index in [9.17, 15) is 9.59 Å². The number of amides is 1. The van der Waals surface area contributed by atoms with Crippen molar-refractivity contribution < 1.29 is 14.7 Å². The normalized spacial score (nSPS) is 9.56. The van der Waals surface area contributed by atoms with Crippen molar-refractivity contribution in [3.8, 4) is 0 Å². The summed E-state index contributed by atoms with van der Waals surface area (Å²) in [6.45, 7) is 7.77. The van der Waals surface area contributed by atoms with E-state index in [-0.39, 0.29) is 17.0 Å². The molecule has 5 nitrogen and oxygen atoms in total. The van der Waals surface area contributed by atoms with Crippen LogP contribution in [0.5, 0.6) is 0 Å². The number of carboxylic acid groups (broad SMARTS) is 1. The second kappa shape index (κ2) is 6.34. The van der Waals surface area contributed by atoms with E-state index >= 15 is 0 Å². The van der Waals surface area contributed by atoms with Crippen LogP contribution in [0.3, 0.4) is 0 Å². The van der Waals surface area contributed by atoms with Gasteiger partial charge in [0.15, 0.2) is 0 Å². The Morgan fingerprint density at radius 3 is 2.39 bits per heavy atom. The minimum atomic E-state index is -1.18. The molecule has 94 valence electrons. The third kappa shape index (κ3) is 3.04. The zero-order valence-electron chi connectivity index (χ0n) is 9.87. The van der Waals surface area contributed by atoms with Gasteiger partial charge in [0, 0.05) is 25.5 Å². The van der Waals surface area contributed by atoms with Gasteiger partial charge in [-0.3, -0.25) is 9.78 Å². The minimum absolute atomic E-state index is 0.111. The molecular formula is C13H14N2O3. The maximum atomic E-state index is 12.2. The lowest BCUT2D eigenvalue weighted by Gasteiger charge is -2.19. The van der Waals surface area contributed by atoms with E-state index in [0.717, 1.165) is 6.20 Å². The van der Waals surface area contributed by atoms with Crippen LogP contribution in [0, 0.1) is 0 Å². The van der Waals surface area contributed by atoms with Gasteiger partial charge in [-0.1, -0.05) is 12.2 Å². The van der Waals surface area contributed by atoms with Crippen LogP contribution in [-0.4, -0.2) is 40.0 Å². The molecule has 1 amide bonds. The van der Waals surface area contributed by atoms with Gasteiger partial charge >= 0.3 is 5.97 Å². The number of aromatic nitrogens is 1. The summed E-state index contributed by atoms with van der Waals surface area (Å²) in [5.74, 6) is -1.56. The largest absolute Gasteiger partial charge is 0.478 e. The van der Waals surface area contributed by atoms with Gasteiger partial charge < -0.3 is 10.0 Å². The fourth-order valence-corrected chi connectivity index (χ4v) is 1.47. The van der Waals surface area contributed by atoms with Crippen LogP contribution >= 0.6 is 0 Å². The molecule has 0 aromatic carbocycles. The van der Waals surface area contributed by atoms with E-state index in [1.165, 1.54) is 17.2 Å². The van der Waals surface area contributed by atoms with E-state index in [4.69, 9.17) is 5.11 Å². The Morgan fingerprint density at radius 2 is 1.89 bits per heavy atom. The zero-order chi connectivity index (χ0) is 13.5. The predicted molar refractivity (Wildman–Crippen MR) is 67.5 cm³/mol. The third-order valence-corrected chi connectivity index (χ3v) is 2.27. The highest BCUT2D eigenvalue weighted by molar-refractivity contribution is 6.04. The molecule has 1 aromatic rings. The number of hydrogen-bond donors (Lipinski definition) is 1. The van der Waals surface area contributed by atoms with Crippen molar-refractivity contribution in [3.63, 3.8) is 0 Å². The molecule has 0 spiro atoms. The first-order valence-electron chi connectivity index (χ1n) is 5.30. The standard InChI is InChI=1S/C13H14N2O3/c1-3-7-15(8-4-2)12(16)10-5-6-14-9-11(10)13(17)18/h3-6,9H,1-2,7-8H2,(H,17,18). The topological polar surface area (TPSA) is 70.5 Å². The Balaban J connectivity index is 3.11. The highest BCUT2D eigenvalue weighted by Crippen LogP contribution is 2.10. The van der Waals surface area contributed by atoms with Gasteiger partial charge in [-0.15, -0.1) is 13.2 Å². The van der Waals surface area contributed by atoms with Crippen LogP contribution < -0.4 is 0 Å². The molecule has 0 bridgehead atoms. The molecule has 5 heteroatoms. The van der Waals surface area contributed by atoms with Gasteiger partial charge in [0.05, 0.1) is 11.1 Å². The fourth-order valence-electron chi connectivity index (χ4n) is 1.47. The van der Waals surface area contributed by atoms with Crippen LogP contribution in [0.25, 0.3) is 0 Å². The van der Waals surface area contributed by atoms with Crippen molar-refractivity contribution in [2.45, 2.75) is 0 Å². The lowest BCUT2D eigenvalue weighted by Crippen LogP contribution is -2.32. The summed E-state index contributed by atoms with van der Waals surface area (Å²) in [4.78, 5) is 28.4. The first-order chi connectivity index (χ1) is 8.61. The summed E-state index contributed by atoms with van der Waals surface area (Å²) in [5.41, 5.74) is 0.00169. The zero-order valence-corrected chi connectivity index (χ0v) is 9.87. The molecule has 0 saturated heterocycles. The van der Waals surface area contributed by atoms with Crippen LogP contribution in [0.1, 0.15) is 20.7 Å². The number of hydrogen-bond acceptors (Lipinski definition) is 3. The lowest BCUT2D eigenvalue weighted by atomic mass is 10.1. The summed E-state index contributed by atoms with van der Waals surface area (Å²) < 4.78 is 0. The molecule has 1 heterocycles. The first kappa shape index (κ1) is 13.6. The summed E-state index contributed by atoms with van der Waals surface area (Å²) in [7, 11) is 0. The summed E-state index contributed by atoms with van der Waals surface area (Å²) >= 11 is 0. The van der Waals surface area contributed by atoms with Gasteiger partial charge in [-0.05, 0) is 6.07 Å². The molecule has 0 unspecified atom stereocenters. The van der Waals surface area contributed by atoms with Crippen LogP contribution in [0.2, 0.25) is 0 Å². The molecule has 1 rings (SSSR count). The number of carboxylic acids is 1. The van der Waals surface area contributed by atoms with Crippen LogP contribution in [0.15, 0.2) is 43.8 Å². The Bertz CT molecular complexity index is 473. The van der Waals surface area contributed by atoms with E-state index in [1.54, 1.807) is 12.2 Å². The van der Waals surface area contributed by atoms with Gasteiger partial charge in [0.2, 0.25) is 0 Å². The average molecular weight is 246 g/mol. The van der Waals surface area contributed by atoms with Crippen molar-refractivity contribution in [1.29, 1.82) is 0 Å².